The van der Waals surface area contributed by atoms with E-state index in [1.54, 1.807) is 0 Å². The highest BCUT2D eigenvalue weighted by molar-refractivity contribution is 6.14. The Balaban J connectivity index is 1.10. The highest BCUT2D eigenvalue weighted by atomic mass is 15.1. The molecule has 0 aromatic heterocycles. The molecule has 0 aliphatic carbocycles. The SMILES string of the molecule is c1ccc(-c2ccc(N(c3ccc(-c4cccc(-c5ccccc5)c4)cc3)c3cccc(-c4cc5ccccc5c5ccc(-c6ccccc6)cc45)c3)cc2)cc1. The number of nitrogens with zero attached hydrogens (tertiary/aromatic N) is 1. The zero-order valence-electron chi connectivity index (χ0n) is 31.5. The average Bonchev–Trinajstić information content (AvgIpc) is 3.30. The zero-order chi connectivity index (χ0) is 38.0. The molecule has 0 aliphatic rings. The molecule has 0 saturated heterocycles. The lowest BCUT2D eigenvalue weighted by atomic mass is 9.91. The van der Waals surface area contributed by atoms with Crippen LogP contribution in [0.4, 0.5) is 17.1 Å². The quantitative estimate of drug-likeness (QED) is 0.141. The van der Waals surface area contributed by atoms with Crippen molar-refractivity contribution in [2.45, 2.75) is 0 Å². The third-order valence-corrected chi connectivity index (χ3v) is 11.0. The molecule has 0 atom stereocenters. The first-order valence-electron chi connectivity index (χ1n) is 19.6. The maximum Gasteiger partial charge on any atom is 0.0467 e. The largest absolute Gasteiger partial charge is 0.310 e. The summed E-state index contributed by atoms with van der Waals surface area (Å²) in [6.07, 6.45) is 0. The number of hydrogen-bond acceptors (Lipinski definition) is 1. The molecule has 10 aromatic carbocycles. The maximum atomic E-state index is 2.38. The Morgan fingerprint density at radius 1 is 0.211 bits per heavy atom. The van der Waals surface area contributed by atoms with Gasteiger partial charge in [-0.25, -0.2) is 0 Å². The Hall–Kier alpha value is -7.48. The van der Waals surface area contributed by atoms with E-state index in [9.17, 15) is 0 Å². The van der Waals surface area contributed by atoms with Gasteiger partial charge in [0.1, 0.15) is 0 Å². The van der Waals surface area contributed by atoms with Gasteiger partial charge in [0, 0.05) is 17.1 Å². The summed E-state index contributed by atoms with van der Waals surface area (Å²) in [6, 6.07) is 85.6. The van der Waals surface area contributed by atoms with Gasteiger partial charge in [-0.05, 0) is 132 Å². The van der Waals surface area contributed by atoms with Crippen molar-refractivity contribution in [3.63, 3.8) is 0 Å². The Morgan fingerprint density at radius 3 is 1.26 bits per heavy atom. The lowest BCUT2D eigenvalue weighted by molar-refractivity contribution is 1.28. The van der Waals surface area contributed by atoms with Crippen molar-refractivity contribution >= 4 is 38.6 Å². The van der Waals surface area contributed by atoms with Crippen LogP contribution in [0.5, 0.6) is 0 Å². The van der Waals surface area contributed by atoms with Crippen LogP contribution in [0.3, 0.4) is 0 Å². The number of hydrogen-bond donors (Lipinski definition) is 0. The summed E-state index contributed by atoms with van der Waals surface area (Å²) in [5.74, 6) is 0. The molecule has 268 valence electrons. The Morgan fingerprint density at radius 2 is 0.649 bits per heavy atom. The van der Waals surface area contributed by atoms with E-state index in [2.05, 4.69) is 241 Å². The van der Waals surface area contributed by atoms with Gasteiger partial charge in [0.15, 0.2) is 0 Å². The topological polar surface area (TPSA) is 3.24 Å². The summed E-state index contributed by atoms with van der Waals surface area (Å²) in [5.41, 5.74) is 15.3. The van der Waals surface area contributed by atoms with Crippen LogP contribution in [0.1, 0.15) is 0 Å². The van der Waals surface area contributed by atoms with E-state index in [0.717, 1.165) is 17.1 Å². The molecule has 0 saturated carbocycles. The van der Waals surface area contributed by atoms with Crippen LogP contribution in [0.2, 0.25) is 0 Å². The lowest BCUT2D eigenvalue weighted by Crippen LogP contribution is -2.10. The Labute approximate surface area is 334 Å². The molecule has 0 radical (unpaired) electrons. The van der Waals surface area contributed by atoms with Crippen molar-refractivity contribution in [3.05, 3.63) is 237 Å². The second-order valence-electron chi connectivity index (χ2n) is 14.6. The van der Waals surface area contributed by atoms with E-state index in [0.29, 0.717) is 0 Å². The Bertz CT molecular complexity index is 2970. The molecule has 0 unspecified atom stereocenters. The van der Waals surface area contributed by atoms with Crippen LogP contribution in [0.15, 0.2) is 237 Å². The van der Waals surface area contributed by atoms with Crippen LogP contribution < -0.4 is 4.90 Å². The molecule has 0 fully saturated rings. The predicted octanol–water partition coefficient (Wildman–Crippen LogP) is 15.8. The summed E-state index contributed by atoms with van der Waals surface area (Å²) in [5, 5.41) is 5.00. The number of benzene rings is 10. The van der Waals surface area contributed by atoms with Gasteiger partial charge in [-0.2, -0.15) is 0 Å². The van der Waals surface area contributed by atoms with Gasteiger partial charge in [-0.3, -0.25) is 0 Å². The summed E-state index contributed by atoms with van der Waals surface area (Å²) < 4.78 is 0. The molecule has 57 heavy (non-hydrogen) atoms. The van der Waals surface area contributed by atoms with E-state index in [4.69, 9.17) is 0 Å². The minimum Gasteiger partial charge on any atom is -0.310 e. The number of anilines is 3. The molecule has 0 amide bonds. The van der Waals surface area contributed by atoms with E-state index >= 15 is 0 Å². The molecular formula is C56H39N. The first-order valence-corrected chi connectivity index (χ1v) is 19.6. The highest BCUT2D eigenvalue weighted by Crippen LogP contribution is 2.42. The third-order valence-electron chi connectivity index (χ3n) is 11.0. The monoisotopic (exact) mass is 725 g/mol. The summed E-state index contributed by atoms with van der Waals surface area (Å²) >= 11 is 0. The van der Waals surface area contributed by atoms with E-state index in [1.165, 1.54) is 77.2 Å². The van der Waals surface area contributed by atoms with Gasteiger partial charge in [0.05, 0.1) is 0 Å². The molecule has 0 aliphatic heterocycles. The molecule has 1 heteroatoms. The number of fused-ring (bicyclic) bond motifs is 3. The predicted molar refractivity (Wildman–Crippen MR) is 243 cm³/mol. The fraction of sp³-hybridized carbons (Fsp3) is 0. The van der Waals surface area contributed by atoms with E-state index in [1.807, 2.05) is 0 Å². The minimum absolute atomic E-state index is 1.09. The second kappa shape index (κ2) is 15.0. The van der Waals surface area contributed by atoms with Gasteiger partial charge in [-0.1, -0.05) is 182 Å². The molecule has 0 N–H and O–H groups in total. The van der Waals surface area contributed by atoms with Gasteiger partial charge in [0.25, 0.3) is 0 Å². The summed E-state index contributed by atoms with van der Waals surface area (Å²) in [6.45, 7) is 0. The van der Waals surface area contributed by atoms with E-state index < -0.39 is 0 Å². The first kappa shape index (κ1) is 34.0. The third kappa shape index (κ3) is 6.77. The molecule has 0 bridgehead atoms. The van der Waals surface area contributed by atoms with Crippen molar-refractivity contribution in [2.75, 3.05) is 4.90 Å². The average molecular weight is 726 g/mol. The fourth-order valence-electron chi connectivity index (χ4n) is 8.16. The van der Waals surface area contributed by atoms with E-state index in [-0.39, 0.29) is 0 Å². The molecule has 0 heterocycles. The van der Waals surface area contributed by atoms with Gasteiger partial charge >= 0.3 is 0 Å². The van der Waals surface area contributed by atoms with Crippen molar-refractivity contribution in [1.29, 1.82) is 0 Å². The molecular weight excluding hydrogens is 687 g/mol. The van der Waals surface area contributed by atoms with Crippen LogP contribution in [0.25, 0.3) is 77.2 Å². The molecule has 1 nitrogen and oxygen atoms in total. The van der Waals surface area contributed by atoms with Gasteiger partial charge in [-0.15, -0.1) is 0 Å². The van der Waals surface area contributed by atoms with Crippen molar-refractivity contribution < 1.29 is 0 Å². The zero-order valence-corrected chi connectivity index (χ0v) is 31.5. The van der Waals surface area contributed by atoms with Gasteiger partial charge in [0.2, 0.25) is 0 Å². The lowest BCUT2D eigenvalue weighted by Gasteiger charge is -2.26. The summed E-state index contributed by atoms with van der Waals surface area (Å²) in [7, 11) is 0. The maximum absolute atomic E-state index is 2.38. The fourth-order valence-corrected chi connectivity index (χ4v) is 8.16. The van der Waals surface area contributed by atoms with Crippen molar-refractivity contribution in [1.82, 2.24) is 0 Å². The van der Waals surface area contributed by atoms with Crippen LogP contribution in [-0.2, 0) is 0 Å². The molecule has 10 aromatic rings. The molecule has 10 rings (SSSR count). The second-order valence-corrected chi connectivity index (χ2v) is 14.6. The standard InChI is InChI=1S/C56H39N/c1-4-14-40(15-5-1)43-26-31-50(32-27-43)57(51-33-28-44(29-34-51)46-22-12-21-45(36-46)41-16-6-2-7-17-41)52-24-13-23-48(37-52)55-39-49-20-10-11-25-53(49)54-35-30-47(38-56(54)55)42-18-8-3-9-19-42/h1-39H. The smallest absolute Gasteiger partial charge is 0.0467 e. The minimum atomic E-state index is 1.09. The van der Waals surface area contributed by atoms with Crippen LogP contribution >= 0.6 is 0 Å². The van der Waals surface area contributed by atoms with Crippen LogP contribution in [0, 0.1) is 0 Å². The number of rotatable bonds is 8. The first-order chi connectivity index (χ1) is 28.2. The normalized spacial score (nSPS) is 11.2. The Kier molecular flexibility index (Phi) is 8.95. The van der Waals surface area contributed by atoms with Crippen LogP contribution in [-0.4, -0.2) is 0 Å². The van der Waals surface area contributed by atoms with Crippen molar-refractivity contribution in [2.24, 2.45) is 0 Å². The highest BCUT2D eigenvalue weighted by Gasteiger charge is 2.17. The summed E-state index contributed by atoms with van der Waals surface area (Å²) in [4.78, 5) is 2.38. The molecule has 0 spiro atoms. The van der Waals surface area contributed by atoms with Crippen molar-refractivity contribution in [3.8, 4) is 55.6 Å². The van der Waals surface area contributed by atoms with Gasteiger partial charge < -0.3 is 4.90 Å².